The van der Waals surface area contributed by atoms with Gasteiger partial charge < -0.3 is 4.90 Å². The number of carbonyl (C=O) groups is 1. The predicted octanol–water partition coefficient (Wildman–Crippen LogP) is 1.95. The van der Waals surface area contributed by atoms with E-state index >= 15 is 0 Å². The van der Waals surface area contributed by atoms with Gasteiger partial charge in [-0.1, -0.05) is 36.8 Å². The van der Waals surface area contributed by atoms with E-state index in [1.54, 1.807) is 11.9 Å². The van der Waals surface area contributed by atoms with Crippen molar-refractivity contribution in [1.29, 1.82) is 0 Å². The lowest BCUT2D eigenvalue weighted by molar-refractivity contribution is 0.0773. The third-order valence-electron chi connectivity index (χ3n) is 2.91. The molecule has 1 aromatic carbocycles. The first-order valence-electron chi connectivity index (χ1n) is 6.32. The smallest absolute Gasteiger partial charge is 0.293 e. The van der Waals surface area contributed by atoms with E-state index in [4.69, 9.17) is 0 Å². The first-order valence-corrected chi connectivity index (χ1v) is 6.32. The number of H-pyrrole nitrogens is 1. The summed E-state index contributed by atoms with van der Waals surface area (Å²) in [5.74, 6) is 0.789. The van der Waals surface area contributed by atoms with Crippen LogP contribution in [0, 0.1) is 6.92 Å². The first kappa shape index (κ1) is 13.3. The van der Waals surface area contributed by atoms with Crippen LogP contribution in [-0.2, 0) is 13.0 Å². The van der Waals surface area contributed by atoms with Gasteiger partial charge >= 0.3 is 0 Å². The second kappa shape index (κ2) is 5.65. The number of carbonyl (C=O) groups excluding carboxylic acids is 1. The Kier molecular flexibility index (Phi) is 3.94. The lowest BCUT2D eigenvalue weighted by Gasteiger charge is -2.15. The standard InChI is InChI=1S/C14H18N4O/c1-4-12-15-13(17-16-12)14(19)18(3)9-11-7-5-6-10(2)8-11/h5-8H,4,9H2,1-3H3,(H,15,16,17). The maximum atomic E-state index is 12.1. The van der Waals surface area contributed by atoms with Crippen molar-refractivity contribution in [2.45, 2.75) is 26.8 Å². The minimum absolute atomic E-state index is 0.169. The number of aryl methyl sites for hydroxylation is 2. The van der Waals surface area contributed by atoms with Gasteiger partial charge in [-0.25, -0.2) is 4.98 Å². The Labute approximate surface area is 112 Å². The molecule has 2 aromatic rings. The van der Waals surface area contributed by atoms with Crippen LogP contribution in [-0.4, -0.2) is 33.0 Å². The molecule has 0 aliphatic carbocycles. The molecule has 5 nitrogen and oxygen atoms in total. The van der Waals surface area contributed by atoms with Gasteiger partial charge in [0, 0.05) is 20.0 Å². The largest absolute Gasteiger partial charge is 0.335 e. The summed E-state index contributed by atoms with van der Waals surface area (Å²) < 4.78 is 0. The molecule has 0 bridgehead atoms. The Bertz CT molecular complexity index is 576. The summed E-state index contributed by atoms with van der Waals surface area (Å²) in [6.45, 7) is 4.55. The summed E-state index contributed by atoms with van der Waals surface area (Å²) in [6.07, 6.45) is 0.738. The van der Waals surface area contributed by atoms with Crippen molar-refractivity contribution in [3.05, 3.63) is 47.0 Å². The molecule has 5 heteroatoms. The molecular formula is C14H18N4O. The Morgan fingerprint density at radius 3 is 2.84 bits per heavy atom. The monoisotopic (exact) mass is 258 g/mol. The van der Waals surface area contributed by atoms with Crippen LogP contribution in [0.4, 0.5) is 0 Å². The van der Waals surface area contributed by atoms with Gasteiger partial charge in [-0.15, -0.1) is 5.10 Å². The average Bonchev–Trinajstić information content (AvgIpc) is 2.86. The highest BCUT2D eigenvalue weighted by Gasteiger charge is 2.16. The van der Waals surface area contributed by atoms with E-state index < -0.39 is 0 Å². The maximum Gasteiger partial charge on any atom is 0.293 e. The molecule has 19 heavy (non-hydrogen) atoms. The lowest BCUT2D eigenvalue weighted by atomic mass is 10.1. The zero-order chi connectivity index (χ0) is 13.8. The molecule has 0 unspecified atom stereocenters. The third kappa shape index (κ3) is 3.19. The van der Waals surface area contributed by atoms with Crippen LogP contribution < -0.4 is 0 Å². The molecule has 2 rings (SSSR count). The van der Waals surface area contributed by atoms with Gasteiger partial charge in [-0.2, -0.15) is 0 Å². The van der Waals surface area contributed by atoms with E-state index in [-0.39, 0.29) is 11.7 Å². The quantitative estimate of drug-likeness (QED) is 0.911. The van der Waals surface area contributed by atoms with Gasteiger partial charge in [0.2, 0.25) is 5.82 Å². The number of hydrogen-bond acceptors (Lipinski definition) is 3. The van der Waals surface area contributed by atoms with Crippen molar-refractivity contribution in [3.8, 4) is 0 Å². The zero-order valence-electron chi connectivity index (χ0n) is 11.5. The minimum atomic E-state index is -0.169. The van der Waals surface area contributed by atoms with Crippen molar-refractivity contribution in [3.63, 3.8) is 0 Å². The fraction of sp³-hybridized carbons (Fsp3) is 0.357. The molecule has 1 amide bonds. The lowest BCUT2D eigenvalue weighted by Crippen LogP contribution is -2.27. The number of benzene rings is 1. The predicted molar refractivity (Wildman–Crippen MR) is 72.7 cm³/mol. The number of nitrogens with zero attached hydrogens (tertiary/aromatic N) is 3. The number of amides is 1. The molecule has 0 saturated carbocycles. The van der Waals surface area contributed by atoms with Crippen molar-refractivity contribution in [2.24, 2.45) is 0 Å². The number of aromatic nitrogens is 3. The minimum Gasteiger partial charge on any atom is -0.335 e. The van der Waals surface area contributed by atoms with Crippen molar-refractivity contribution < 1.29 is 4.79 Å². The van der Waals surface area contributed by atoms with Crippen molar-refractivity contribution in [2.75, 3.05) is 7.05 Å². The normalized spacial score (nSPS) is 10.5. The fourth-order valence-corrected chi connectivity index (χ4v) is 1.88. The second-order valence-electron chi connectivity index (χ2n) is 4.61. The van der Waals surface area contributed by atoms with E-state index in [0.717, 1.165) is 17.8 Å². The molecule has 0 aliphatic heterocycles. The van der Waals surface area contributed by atoms with Gasteiger partial charge in [0.15, 0.2) is 0 Å². The number of aromatic amines is 1. The molecule has 0 spiro atoms. The number of hydrogen-bond donors (Lipinski definition) is 1. The molecular weight excluding hydrogens is 240 g/mol. The summed E-state index contributed by atoms with van der Waals surface area (Å²) in [4.78, 5) is 17.9. The molecule has 0 aliphatic rings. The first-order chi connectivity index (χ1) is 9.10. The van der Waals surface area contributed by atoms with E-state index in [1.807, 2.05) is 32.0 Å². The van der Waals surface area contributed by atoms with Crippen LogP contribution in [0.5, 0.6) is 0 Å². The Morgan fingerprint density at radius 1 is 1.42 bits per heavy atom. The molecule has 100 valence electrons. The van der Waals surface area contributed by atoms with E-state index in [2.05, 4.69) is 21.2 Å². The highest BCUT2D eigenvalue weighted by atomic mass is 16.2. The van der Waals surface area contributed by atoms with Crippen LogP contribution in [0.15, 0.2) is 24.3 Å². The van der Waals surface area contributed by atoms with Gasteiger partial charge in [0.05, 0.1) is 0 Å². The summed E-state index contributed by atoms with van der Waals surface area (Å²) in [5, 5.41) is 6.70. The highest BCUT2D eigenvalue weighted by molar-refractivity contribution is 5.90. The fourth-order valence-electron chi connectivity index (χ4n) is 1.88. The van der Waals surface area contributed by atoms with Crippen LogP contribution in [0.25, 0.3) is 0 Å². The van der Waals surface area contributed by atoms with E-state index in [1.165, 1.54) is 5.56 Å². The molecule has 0 radical (unpaired) electrons. The Balaban J connectivity index is 2.07. The molecule has 1 N–H and O–H groups in total. The van der Waals surface area contributed by atoms with Gasteiger partial charge in [-0.05, 0) is 12.5 Å². The summed E-state index contributed by atoms with van der Waals surface area (Å²) in [6, 6.07) is 8.10. The number of nitrogens with one attached hydrogen (secondary N) is 1. The van der Waals surface area contributed by atoms with Crippen LogP contribution in [0.2, 0.25) is 0 Å². The Morgan fingerprint density at radius 2 is 2.21 bits per heavy atom. The van der Waals surface area contributed by atoms with Gasteiger partial charge in [-0.3, -0.25) is 9.89 Å². The molecule has 0 fully saturated rings. The van der Waals surface area contributed by atoms with Gasteiger partial charge in [0.1, 0.15) is 5.82 Å². The van der Waals surface area contributed by atoms with Crippen LogP contribution >= 0.6 is 0 Å². The van der Waals surface area contributed by atoms with E-state index in [0.29, 0.717) is 6.54 Å². The summed E-state index contributed by atoms with van der Waals surface area (Å²) >= 11 is 0. The van der Waals surface area contributed by atoms with E-state index in [9.17, 15) is 4.79 Å². The van der Waals surface area contributed by atoms with Crippen LogP contribution in [0.1, 0.15) is 34.5 Å². The molecule has 0 atom stereocenters. The zero-order valence-corrected chi connectivity index (χ0v) is 11.5. The SMILES string of the molecule is CCc1nc(C(=O)N(C)Cc2cccc(C)c2)n[nH]1. The Hall–Kier alpha value is -2.17. The molecule has 1 aromatic heterocycles. The summed E-state index contributed by atoms with van der Waals surface area (Å²) in [7, 11) is 1.76. The van der Waals surface area contributed by atoms with Gasteiger partial charge in [0.25, 0.3) is 5.91 Å². The van der Waals surface area contributed by atoms with Crippen molar-refractivity contribution >= 4 is 5.91 Å². The number of rotatable bonds is 4. The maximum absolute atomic E-state index is 12.1. The van der Waals surface area contributed by atoms with Crippen molar-refractivity contribution in [1.82, 2.24) is 20.1 Å². The highest BCUT2D eigenvalue weighted by Crippen LogP contribution is 2.08. The summed E-state index contributed by atoms with van der Waals surface area (Å²) in [5.41, 5.74) is 2.28. The molecule has 0 saturated heterocycles. The molecule has 1 heterocycles. The second-order valence-corrected chi connectivity index (χ2v) is 4.61. The average molecular weight is 258 g/mol. The topological polar surface area (TPSA) is 61.9 Å². The van der Waals surface area contributed by atoms with Crippen LogP contribution in [0.3, 0.4) is 0 Å². The third-order valence-corrected chi connectivity index (χ3v) is 2.91.